The fourth-order valence-electron chi connectivity index (χ4n) is 1.47. The first kappa shape index (κ1) is 11.4. The summed E-state index contributed by atoms with van der Waals surface area (Å²) in [4.78, 5) is 9.18. The van der Waals surface area contributed by atoms with Crippen LogP contribution in [0, 0.1) is 0 Å². The Morgan fingerprint density at radius 3 is 2.89 bits per heavy atom. The Hall–Kier alpha value is -1.73. The molecule has 3 rings (SSSR count). The molecule has 3 aromatic heterocycles. The monoisotopic (exact) mass is 322 g/mol. The van der Waals surface area contributed by atoms with Crippen molar-refractivity contribution in [1.82, 2.24) is 15.1 Å². The van der Waals surface area contributed by atoms with E-state index >= 15 is 0 Å². The number of pyridine rings is 1. The molecule has 90 valence electrons. The third-order valence-corrected chi connectivity index (χ3v) is 3.92. The third-order valence-electron chi connectivity index (χ3n) is 2.30. The molecule has 0 bridgehead atoms. The Kier molecular flexibility index (Phi) is 2.85. The van der Waals surface area contributed by atoms with Crippen LogP contribution in [-0.2, 0) is 0 Å². The first-order chi connectivity index (χ1) is 8.74. The lowest BCUT2D eigenvalue weighted by atomic mass is 10.2. The van der Waals surface area contributed by atoms with Gasteiger partial charge in [0.1, 0.15) is 0 Å². The van der Waals surface area contributed by atoms with Crippen LogP contribution in [0.1, 0.15) is 0 Å². The highest BCUT2D eigenvalue weighted by atomic mass is 79.9. The van der Waals surface area contributed by atoms with Gasteiger partial charge in [-0.2, -0.15) is 4.98 Å². The highest BCUT2D eigenvalue weighted by Gasteiger charge is 2.13. The average Bonchev–Trinajstić information content (AvgIpc) is 2.98. The SMILES string of the molecule is Nc1cnccc1-c1nc(-c2ccc(Br)s2)no1. The van der Waals surface area contributed by atoms with Crippen LogP contribution in [0.25, 0.3) is 22.2 Å². The minimum absolute atomic E-state index is 0.398. The second kappa shape index (κ2) is 4.51. The Bertz CT molecular complexity index is 694. The van der Waals surface area contributed by atoms with Gasteiger partial charge in [0.2, 0.25) is 5.82 Å². The molecule has 0 amide bonds. The largest absolute Gasteiger partial charge is 0.397 e. The van der Waals surface area contributed by atoms with E-state index in [1.54, 1.807) is 29.8 Å². The van der Waals surface area contributed by atoms with Gasteiger partial charge in [0, 0.05) is 6.20 Å². The number of halogens is 1. The first-order valence-corrected chi connectivity index (χ1v) is 6.64. The highest BCUT2D eigenvalue weighted by Crippen LogP contribution is 2.31. The second-order valence-electron chi connectivity index (χ2n) is 3.49. The van der Waals surface area contributed by atoms with Gasteiger partial charge in [-0.05, 0) is 34.1 Å². The predicted octanol–water partition coefficient (Wildman–Crippen LogP) is 3.20. The van der Waals surface area contributed by atoms with Crippen molar-refractivity contribution in [3.63, 3.8) is 0 Å². The standard InChI is InChI=1S/C11H7BrN4OS/c12-9-2-1-8(18-9)10-15-11(17-16-10)6-3-4-14-5-7(6)13/h1-5H,13H2. The number of hydrogen-bond acceptors (Lipinski definition) is 6. The van der Waals surface area contributed by atoms with Crippen LogP contribution in [0.15, 0.2) is 38.9 Å². The second-order valence-corrected chi connectivity index (χ2v) is 5.95. The van der Waals surface area contributed by atoms with Crippen LogP contribution in [0.3, 0.4) is 0 Å². The van der Waals surface area contributed by atoms with Crippen LogP contribution in [-0.4, -0.2) is 15.1 Å². The van der Waals surface area contributed by atoms with Crippen molar-refractivity contribution in [2.24, 2.45) is 0 Å². The zero-order valence-corrected chi connectivity index (χ0v) is 11.4. The summed E-state index contributed by atoms with van der Waals surface area (Å²) in [6.45, 7) is 0. The van der Waals surface area contributed by atoms with Crippen LogP contribution in [0.4, 0.5) is 5.69 Å². The normalized spacial score (nSPS) is 10.7. The Labute approximate surface area is 115 Å². The molecule has 0 saturated heterocycles. The number of aromatic nitrogens is 3. The lowest BCUT2D eigenvalue weighted by molar-refractivity contribution is 0.432. The van der Waals surface area contributed by atoms with E-state index in [9.17, 15) is 0 Å². The molecule has 5 nitrogen and oxygen atoms in total. The van der Waals surface area contributed by atoms with Gasteiger partial charge in [0.15, 0.2) is 0 Å². The van der Waals surface area contributed by atoms with Gasteiger partial charge >= 0.3 is 0 Å². The maximum atomic E-state index is 5.81. The van der Waals surface area contributed by atoms with Gasteiger partial charge in [-0.3, -0.25) is 4.98 Å². The van der Waals surface area contributed by atoms with E-state index in [1.165, 1.54) is 0 Å². The fraction of sp³-hybridized carbons (Fsp3) is 0. The van der Waals surface area contributed by atoms with Gasteiger partial charge in [-0.1, -0.05) is 5.16 Å². The number of nitrogens with zero attached hydrogens (tertiary/aromatic N) is 3. The van der Waals surface area contributed by atoms with Crippen molar-refractivity contribution in [2.45, 2.75) is 0 Å². The summed E-state index contributed by atoms with van der Waals surface area (Å²) in [5, 5.41) is 3.94. The molecular weight excluding hydrogens is 316 g/mol. The Balaban J connectivity index is 2.02. The fourth-order valence-corrected chi connectivity index (χ4v) is 2.78. The molecule has 0 spiro atoms. The summed E-state index contributed by atoms with van der Waals surface area (Å²) >= 11 is 4.94. The van der Waals surface area contributed by atoms with Crippen LogP contribution >= 0.6 is 27.3 Å². The Morgan fingerprint density at radius 2 is 2.17 bits per heavy atom. The predicted molar refractivity (Wildman–Crippen MR) is 73.0 cm³/mol. The molecule has 18 heavy (non-hydrogen) atoms. The molecule has 0 fully saturated rings. The van der Waals surface area contributed by atoms with Crippen molar-refractivity contribution < 1.29 is 4.52 Å². The molecular formula is C11H7BrN4OS. The van der Waals surface area contributed by atoms with Crippen LogP contribution < -0.4 is 5.73 Å². The van der Waals surface area contributed by atoms with Crippen LogP contribution in [0.2, 0.25) is 0 Å². The summed E-state index contributed by atoms with van der Waals surface area (Å²) < 4.78 is 6.24. The van der Waals surface area contributed by atoms with Gasteiger partial charge in [0.25, 0.3) is 5.89 Å². The van der Waals surface area contributed by atoms with Gasteiger partial charge in [0.05, 0.1) is 26.1 Å². The molecule has 0 aromatic carbocycles. The van der Waals surface area contributed by atoms with Crippen molar-refractivity contribution in [2.75, 3.05) is 5.73 Å². The molecule has 0 aliphatic rings. The summed E-state index contributed by atoms with van der Waals surface area (Å²) in [5.74, 6) is 0.950. The Morgan fingerprint density at radius 1 is 1.28 bits per heavy atom. The summed E-state index contributed by atoms with van der Waals surface area (Å²) in [6, 6.07) is 5.62. The molecule has 3 heterocycles. The maximum absolute atomic E-state index is 5.81. The lowest BCUT2D eigenvalue weighted by Crippen LogP contribution is -1.90. The highest BCUT2D eigenvalue weighted by molar-refractivity contribution is 9.11. The minimum Gasteiger partial charge on any atom is -0.397 e. The van der Waals surface area contributed by atoms with E-state index < -0.39 is 0 Å². The van der Waals surface area contributed by atoms with E-state index in [0.29, 0.717) is 23.0 Å². The van der Waals surface area contributed by atoms with E-state index in [1.807, 2.05) is 12.1 Å². The number of thiophene rings is 1. The van der Waals surface area contributed by atoms with E-state index in [4.69, 9.17) is 10.3 Å². The molecule has 0 unspecified atom stereocenters. The minimum atomic E-state index is 0.398. The lowest BCUT2D eigenvalue weighted by Gasteiger charge is -1.96. The van der Waals surface area contributed by atoms with Crippen molar-refractivity contribution in [1.29, 1.82) is 0 Å². The molecule has 3 aromatic rings. The van der Waals surface area contributed by atoms with E-state index in [-0.39, 0.29) is 0 Å². The topological polar surface area (TPSA) is 77.8 Å². The van der Waals surface area contributed by atoms with Gasteiger partial charge < -0.3 is 10.3 Å². The van der Waals surface area contributed by atoms with Crippen molar-refractivity contribution in [3.8, 4) is 22.2 Å². The third kappa shape index (κ3) is 2.02. The molecule has 2 N–H and O–H groups in total. The molecule has 0 radical (unpaired) electrons. The van der Waals surface area contributed by atoms with Crippen LogP contribution in [0.5, 0.6) is 0 Å². The average molecular weight is 323 g/mol. The summed E-state index contributed by atoms with van der Waals surface area (Å²) in [5.41, 5.74) is 7.02. The maximum Gasteiger partial charge on any atom is 0.260 e. The smallest absolute Gasteiger partial charge is 0.260 e. The van der Waals surface area contributed by atoms with Crippen molar-refractivity contribution in [3.05, 3.63) is 34.4 Å². The summed E-state index contributed by atoms with van der Waals surface area (Å²) in [7, 11) is 0. The number of nitrogens with two attached hydrogens (primary N) is 1. The first-order valence-electron chi connectivity index (χ1n) is 5.03. The summed E-state index contributed by atoms with van der Waals surface area (Å²) in [6.07, 6.45) is 3.19. The van der Waals surface area contributed by atoms with Crippen molar-refractivity contribution >= 4 is 33.0 Å². The molecule has 0 aliphatic heterocycles. The zero-order chi connectivity index (χ0) is 12.5. The number of nitrogen functional groups attached to an aromatic ring is 1. The zero-order valence-electron chi connectivity index (χ0n) is 9.00. The molecule has 0 saturated carbocycles. The van der Waals surface area contributed by atoms with E-state index in [2.05, 4.69) is 31.1 Å². The number of hydrogen-bond donors (Lipinski definition) is 1. The quantitative estimate of drug-likeness (QED) is 0.783. The van der Waals surface area contributed by atoms with Gasteiger partial charge in [-0.15, -0.1) is 11.3 Å². The molecule has 0 atom stereocenters. The number of rotatable bonds is 2. The molecule has 0 aliphatic carbocycles. The molecule has 7 heteroatoms. The number of anilines is 1. The van der Waals surface area contributed by atoms with E-state index in [0.717, 1.165) is 8.66 Å². The van der Waals surface area contributed by atoms with Gasteiger partial charge in [-0.25, -0.2) is 0 Å².